The molecule has 0 saturated heterocycles. The monoisotopic (exact) mass is 259 g/mol. The van der Waals surface area contributed by atoms with Gasteiger partial charge in [0.1, 0.15) is 11.5 Å². The number of aliphatic hydroxyl groups excluding tert-OH is 1. The van der Waals surface area contributed by atoms with E-state index in [1.165, 1.54) is 0 Å². The molecule has 0 saturated carbocycles. The van der Waals surface area contributed by atoms with Gasteiger partial charge in [0.05, 0.1) is 12.7 Å². The Labute approximate surface area is 112 Å². The van der Waals surface area contributed by atoms with Crippen LogP contribution in [0.5, 0.6) is 17.4 Å². The van der Waals surface area contributed by atoms with E-state index in [1.807, 2.05) is 31.2 Å². The molecule has 1 unspecified atom stereocenters. The van der Waals surface area contributed by atoms with E-state index in [2.05, 4.69) is 4.98 Å². The van der Waals surface area contributed by atoms with Crippen LogP contribution >= 0.6 is 0 Å². The molecule has 0 aliphatic rings. The quantitative estimate of drug-likeness (QED) is 0.894. The third-order valence-corrected chi connectivity index (χ3v) is 2.58. The number of aliphatic hydroxyl groups is 1. The highest BCUT2D eigenvalue weighted by Gasteiger charge is 2.03. The van der Waals surface area contributed by atoms with Gasteiger partial charge in [0.25, 0.3) is 0 Å². The number of pyridine rings is 1. The molecule has 1 atom stereocenters. The second kappa shape index (κ2) is 6.20. The number of nitrogens with zero attached hydrogens (tertiary/aromatic N) is 1. The van der Waals surface area contributed by atoms with Crippen LogP contribution in [0, 0.1) is 0 Å². The van der Waals surface area contributed by atoms with Gasteiger partial charge in [-0.15, -0.1) is 0 Å². The molecule has 2 aromatic rings. The molecule has 2 rings (SSSR count). The van der Waals surface area contributed by atoms with Crippen molar-refractivity contribution in [3.05, 3.63) is 48.2 Å². The Morgan fingerprint density at radius 3 is 2.63 bits per heavy atom. The van der Waals surface area contributed by atoms with Gasteiger partial charge >= 0.3 is 0 Å². The van der Waals surface area contributed by atoms with Crippen molar-refractivity contribution in [2.75, 3.05) is 6.61 Å². The fraction of sp³-hybridized carbons (Fsp3) is 0.267. The van der Waals surface area contributed by atoms with Crippen LogP contribution in [0.15, 0.2) is 42.6 Å². The minimum Gasteiger partial charge on any atom is -0.494 e. The molecule has 0 aliphatic heterocycles. The fourth-order valence-corrected chi connectivity index (χ4v) is 1.61. The maximum Gasteiger partial charge on any atom is 0.219 e. The van der Waals surface area contributed by atoms with Crippen molar-refractivity contribution in [2.45, 2.75) is 20.0 Å². The number of rotatable bonds is 5. The van der Waals surface area contributed by atoms with E-state index in [-0.39, 0.29) is 0 Å². The molecule has 0 fully saturated rings. The molecule has 4 nitrogen and oxygen atoms in total. The summed E-state index contributed by atoms with van der Waals surface area (Å²) in [5.74, 6) is 1.92. The lowest BCUT2D eigenvalue weighted by atomic mass is 10.2. The molecular weight excluding hydrogens is 242 g/mol. The Morgan fingerprint density at radius 1 is 1.21 bits per heavy atom. The number of benzene rings is 1. The first kappa shape index (κ1) is 13.4. The standard InChI is InChI=1S/C15H17NO3/c1-3-18-13-5-4-6-14(9-13)19-15-8-7-12(10-16-15)11(2)17/h4-11,17H,3H2,1-2H3. The normalized spacial score (nSPS) is 11.9. The van der Waals surface area contributed by atoms with Crippen LogP contribution in [-0.4, -0.2) is 16.7 Å². The highest BCUT2D eigenvalue weighted by atomic mass is 16.5. The van der Waals surface area contributed by atoms with Crippen LogP contribution in [0.1, 0.15) is 25.5 Å². The van der Waals surface area contributed by atoms with Crippen LogP contribution in [0.2, 0.25) is 0 Å². The van der Waals surface area contributed by atoms with Crippen LogP contribution in [0.4, 0.5) is 0 Å². The van der Waals surface area contributed by atoms with E-state index in [0.29, 0.717) is 18.2 Å². The minimum absolute atomic E-state index is 0.484. The van der Waals surface area contributed by atoms with Crippen molar-refractivity contribution in [3.8, 4) is 17.4 Å². The Kier molecular flexibility index (Phi) is 4.36. The van der Waals surface area contributed by atoms with Crippen LogP contribution in [0.3, 0.4) is 0 Å². The maximum absolute atomic E-state index is 9.40. The minimum atomic E-state index is -0.525. The van der Waals surface area contributed by atoms with Gasteiger partial charge in [0.15, 0.2) is 0 Å². The van der Waals surface area contributed by atoms with Gasteiger partial charge < -0.3 is 14.6 Å². The molecule has 1 aromatic carbocycles. The zero-order valence-corrected chi connectivity index (χ0v) is 11.0. The first-order valence-corrected chi connectivity index (χ1v) is 6.23. The summed E-state index contributed by atoms with van der Waals surface area (Å²) >= 11 is 0. The number of hydrogen-bond acceptors (Lipinski definition) is 4. The van der Waals surface area contributed by atoms with E-state index >= 15 is 0 Å². The molecule has 0 spiro atoms. The SMILES string of the molecule is CCOc1cccc(Oc2ccc(C(C)O)cn2)c1. The van der Waals surface area contributed by atoms with Gasteiger partial charge in [0, 0.05) is 18.3 Å². The molecule has 0 amide bonds. The summed E-state index contributed by atoms with van der Waals surface area (Å²) in [4.78, 5) is 4.15. The van der Waals surface area contributed by atoms with E-state index < -0.39 is 6.10 Å². The topological polar surface area (TPSA) is 51.6 Å². The summed E-state index contributed by atoms with van der Waals surface area (Å²) in [6, 6.07) is 10.9. The lowest BCUT2D eigenvalue weighted by Gasteiger charge is -2.08. The molecular formula is C15H17NO3. The van der Waals surface area contributed by atoms with Crippen molar-refractivity contribution in [3.63, 3.8) is 0 Å². The van der Waals surface area contributed by atoms with Crippen molar-refractivity contribution in [1.82, 2.24) is 4.98 Å². The maximum atomic E-state index is 9.40. The molecule has 1 aromatic heterocycles. The lowest BCUT2D eigenvalue weighted by Crippen LogP contribution is -1.94. The van der Waals surface area contributed by atoms with Crippen molar-refractivity contribution in [1.29, 1.82) is 0 Å². The summed E-state index contributed by atoms with van der Waals surface area (Å²) in [5, 5.41) is 9.40. The van der Waals surface area contributed by atoms with Gasteiger partial charge in [0.2, 0.25) is 5.88 Å². The van der Waals surface area contributed by atoms with Crippen LogP contribution in [-0.2, 0) is 0 Å². The number of ether oxygens (including phenoxy) is 2. The zero-order valence-electron chi connectivity index (χ0n) is 11.0. The largest absolute Gasteiger partial charge is 0.494 e. The van der Waals surface area contributed by atoms with Crippen molar-refractivity contribution >= 4 is 0 Å². The second-order valence-corrected chi connectivity index (χ2v) is 4.12. The highest BCUT2D eigenvalue weighted by molar-refractivity contribution is 5.35. The van der Waals surface area contributed by atoms with Gasteiger partial charge in [-0.05, 0) is 37.6 Å². The first-order valence-electron chi connectivity index (χ1n) is 6.23. The Hall–Kier alpha value is -2.07. The molecule has 100 valence electrons. The smallest absolute Gasteiger partial charge is 0.219 e. The van der Waals surface area contributed by atoms with Crippen molar-refractivity contribution in [2.24, 2.45) is 0 Å². The summed E-state index contributed by atoms with van der Waals surface area (Å²) in [6.07, 6.45) is 1.08. The zero-order chi connectivity index (χ0) is 13.7. The summed E-state index contributed by atoms with van der Waals surface area (Å²) in [6.45, 7) is 4.25. The molecule has 0 bridgehead atoms. The third kappa shape index (κ3) is 3.69. The predicted octanol–water partition coefficient (Wildman–Crippen LogP) is 3.33. The highest BCUT2D eigenvalue weighted by Crippen LogP contribution is 2.24. The first-order chi connectivity index (χ1) is 9.19. The van der Waals surface area contributed by atoms with Crippen molar-refractivity contribution < 1.29 is 14.6 Å². The van der Waals surface area contributed by atoms with Gasteiger partial charge in [-0.25, -0.2) is 4.98 Å². The predicted molar refractivity (Wildman–Crippen MR) is 72.6 cm³/mol. The summed E-state index contributed by atoms with van der Waals surface area (Å²) in [7, 11) is 0. The van der Waals surface area contributed by atoms with Gasteiger partial charge in [-0.3, -0.25) is 0 Å². The second-order valence-electron chi connectivity index (χ2n) is 4.12. The fourth-order valence-electron chi connectivity index (χ4n) is 1.61. The third-order valence-electron chi connectivity index (χ3n) is 2.58. The molecule has 19 heavy (non-hydrogen) atoms. The molecule has 0 radical (unpaired) electrons. The number of hydrogen-bond donors (Lipinski definition) is 1. The Bertz CT molecular complexity index is 523. The van der Waals surface area contributed by atoms with Gasteiger partial charge in [-0.2, -0.15) is 0 Å². The average Bonchev–Trinajstić information content (AvgIpc) is 2.40. The Morgan fingerprint density at radius 2 is 2.00 bits per heavy atom. The summed E-state index contributed by atoms with van der Waals surface area (Å²) in [5.41, 5.74) is 0.760. The van der Waals surface area contributed by atoms with E-state index in [4.69, 9.17) is 9.47 Å². The number of aromatic nitrogens is 1. The summed E-state index contributed by atoms with van der Waals surface area (Å²) < 4.78 is 11.0. The molecule has 0 aliphatic carbocycles. The van der Waals surface area contributed by atoms with Crippen LogP contribution in [0.25, 0.3) is 0 Å². The molecule has 1 N–H and O–H groups in total. The Balaban J connectivity index is 2.10. The molecule has 4 heteroatoms. The lowest BCUT2D eigenvalue weighted by molar-refractivity contribution is 0.198. The van der Waals surface area contributed by atoms with Crippen LogP contribution < -0.4 is 9.47 Å². The van der Waals surface area contributed by atoms with E-state index in [1.54, 1.807) is 25.3 Å². The van der Waals surface area contributed by atoms with E-state index in [0.717, 1.165) is 11.3 Å². The average molecular weight is 259 g/mol. The van der Waals surface area contributed by atoms with E-state index in [9.17, 15) is 5.11 Å². The van der Waals surface area contributed by atoms with Gasteiger partial charge in [-0.1, -0.05) is 6.07 Å². The molecule has 1 heterocycles.